The first-order valence-electron chi connectivity index (χ1n) is 6.59. The minimum Gasteiger partial charge on any atom is -0.314 e. The highest BCUT2D eigenvalue weighted by Crippen LogP contribution is 2.20. The van der Waals surface area contributed by atoms with Crippen molar-refractivity contribution in [2.75, 3.05) is 12.8 Å². The summed E-state index contributed by atoms with van der Waals surface area (Å²) in [7, 11) is 0. The third kappa shape index (κ3) is 3.59. The summed E-state index contributed by atoms with van der Waals surface area (Å²) in [4.78, 5) is 13.4. The molecule has 0 aromatic heterocycles. The fourth-order valence-corrected chi connectivity index (χ4v) is 2.90. The first kappa shape index (κ1) is 13.6. The quantitative estimate of drug-likeness (QED) is 0.667. The van der Waals surface area contributed by atoms with Crippen molar-refractivity contribution in [1.82, 2.24) is 5.32 Å². The van der Waals surface area contributed by atoms with Gasteiger partial charge in [-0.05, 0) is 43.7 Å². The summed E-state index contributed by atoms with van der Waals surface area (Å²) in [5.41, 5.74) is 0.841. The summed E-state index contributed by atoms with van der Waals surface area (Å²) in [5, 5.41) is 3.45. The lowest BCUT2D eigenvalue weighted by Gasteiger charge is -2.27. The Bertz CT molecular complexity index is 401. The average molecular weight is 263 g/mol. The van der Waals surface area contributed by atoms with E-state index in [0.717, 1.165) is 24.4 Å². The van der Waals surface area contributed by atoms with Crippen molar-refractivity contribution >= 4 is 17.5 Å². The van der Waals surface area contributed by atoms with Crippen LogP contribution in [-0.4, -0.2) is 24.6 Å². The van der Waals surface area contributed by atoms with Crippen LogP contribution in [0.25, 0.3) is 0 Å². The number of Topliss-reactive ketones (excluding diaryl/α,β-unsaturated/α-hetero) is 1. The zero-order valence-electron chi connectivity index (χ0n) is 11.1. The lowest BCUT2D eigenvalue weighted by molar-refractivity contribution is 0.0959. The number of carbonyl (C=O) groups excluding carboxylic acids is 1. The van der Waals surface area contributed by atoms with Gasteiger partial charge in [0.1, 0.15) is 0 Å². The number of ketones is 1. The molecule has 2 unspecified atom stereocenters. The van der Waals surface area contributed by atoms with Gasteiger partial charge >= 0.3 is 0 Å². The second-order valence-electron chi connectivity index (χ2n) is 5.14. The van der Waals surface area contributed by atoms with Crippen molar-refractivity contribution in [1.29, 1.82) is 0 Å². The second kappa shape index (κ2) is 6.39. The second-order valence-corrected chi connectivity index (χ2v) is 6.02. The molecule has 18 heavy (non-hydrogen) atoms. The Morgan fingerprint density at radius 1 is 1.39 bits per heavy atom. The van der Waals surface area contributed by atoms with E-state index in [4.69, 9.17) is 0 Å². The Morgan fingerprint density at radius 2 is 2.11 bits per heavy atom. The summed E-state index contributed by atoms with van der Waals surface area (Å²) < 4.78 is 0. The van der Waals surface area contributed by atoms with E-state index in [1.807, 2.05) is 30.5 Å². The van der Waals surface area contributed by atoms with Crippen LogP contribution in [0.2, 0.25) is 0 Å². The van der Waals surface area contributed by atoms with Crippen molar-refractivity contribution < 1.29 is 4.79 Å². The number of rotatable bonds is 4. The van der Waals surface area contributed by atoms with E-state index >= 15 is 0 Å². The van der Waals surface area contributed by atoms with Gasteiger partial charge in [-0.3, -0.25) is 4.79 Å². The zero-order chi connectivity index (χ0) is 13.0. The maximum Gasteiger partial charge on any atom is 0.164 e. The van der Waals surface area contributed by atoms with Crippen LogP contribution >= 0.6 is 11.8 Å². The molecule has 0 spiro atoms. The Morgan fingerprint density at radius 3 is 2.72 bits per heavy atom. The molecule has 1 aliphatic rings. The third-order valence-corrected chi connectivity index (χ3v) is 4.34. The largest absolute Gasteiger partial charge is 0.314 e. The predicted octanol–water partition coefficient (Wildman–Crippen LogP) is 3.37. The third-order valence-electron chi connectivity index (χ3n) is 3.60. The van der Waals surface area contributed by atoms with Gasteiger partial charge in [0.15, 0.2) is 5.78 Å². The molecular weight excluding hydrogens is 242 g/mol. The molecule has 0 bridgehead atoms. The van der Waals surface area contributed by atoms with Crippen LogP contribution in [0, 0.1) is 5.92 Å². The highest BCUT2D eigenvalue weighted by molar-refractivity contribution is 7.98. The molecule has 3 heteroatoms. The van der Waals surface area contributed by atoms with E-state index in [9.17, 15) is 4.79 Å². The maximum absolute atomic E-state index is 12.2. The van der Waals surface area contributed by atoms with E-state index < -0.39 is 0 Å². The number of thioether (sulfide) groups is 1. The van der Waals surface area contributed by atoms with E-state index in [2.05, 4.69) is 12.2 Å². The van der Waals surface area contributed by atoms with Crippen LogP contribution in [0.4, 0.5) is 0 Å². The summed E-state index contributed by atoms with van der Waals surface area (Å²) in [6, 6.07) is 8.30. The van der Waals surface area contributed by atoms with Crippen molar-refractivity contribution in [2.45, 2.75) is 37.1 Å². The molecule has 1 aromatic rings. The van der Waals surface area contributed by atoms with Crippen LogP contribution in [-0.2, 0) is 0 Å². The normalized spacial score (nSPS) is 23.9. The van der Waals surface area contributed by atoms with Crippen LogP contribution in [0.15, 0.2) is 29.2 Å². The lowest BCUT2D eigenvalue weighted by Crippen LogP contribution is -2.38. The number of carbonyl (C=O) groups is 1. The summed E-state index contributed by atoms with van der Waals surface area (Å²) in [6.07, 6.45) is 5.02. The SMILES string of the molecule is CSc1ccc(C(=O)CC2CC(C)CCN2)cc1. The van der Waals surface area contributed by atoms with Crippen LogP contribution < -0.4 is 5.32 Å². The summed E-state index contributed by atoms with van der Waals surface area (Å²) in [5.74, 6) is 0.997. The molecule has 1 fully saturated rings. The first-order chi connectivity index (χ1) is 8.69. The molecule has 0 amide bonds. The maximum atomic E-state index is 12.2. The van der Waals surface area contributed by atoms with E-state index in [-0.39, 0.29) is 5.78 Å². The standard InChI is InChI=1S/C15H21NOS/c1-11-7-8-16-13(9-11)10-15(17)12-3-5-14(18-2)6-4-12/h3-6,11,13,16H,7-10H2,1-2H3. The molecular formula is C15H21NOS. The van der Waals surface area contributed by atoms with Gasteiger partial charge in [0.2, 0.25) is 0 Å². The molecule has 1 N–H and O–H groups in total. The van der Waals surface area contributed by atoms with Gasteiger partial charge in [0.05, 0.1) is 0 Å². The molecule has 0 radical (unpaired) electrons. The Hall–Kier alpha value is -0.800. The topological polar surface area (TPSA) is 29.1 Å². The van der Waals surface area contributed by atoms with Crippen LogP contribution in [0.5, 0.6) is 0 Å². The van der Waals surface area contributed by atoms with Gasteiger partial charge in [-0.2, -0.15) is 0 Å². The minimum absolute atomic E-state index is 0.259. The number of hydrogen-bond donors (Lipinski definition) is 1. The predicted molar refractivity (Wildman–Crippen MR) is 77.4 cm³/mol. The molecule has 0 aliphatic carbocycles. The zero-order valence-corrected chi connectivity index (χ0v) is 11.9. The Labute approximate surface area is 114 Å². The molecule has 1 heterocycles. The smallest absolute Gasteiger partial charge is 0.164 e. The van der Waals surface area contributed by atoms with Crippen molar-refractivity contribution in [3.05, 3.63) is 29.8 Å². The Kier molecular flexibility index (Phi) is 4.84. The fraction of sp³-hybridized carbons (Fsp3) is 0.533. The van der Waals surface area contributed by atoms with Crippen molar-refractivity contribution in [3.8, 4) is 0 Å². The number of nitrogens with one attached hydrogen (secondary N) is 1. The molecule has 2 nitrogen and oxygen atoms in total. The molecule has 1 aromatic carbocycles. The van der Waals surface area contributed by atoms with Crippen LogP contribution in [0.1, 0.15) is 36.5 Å². The van der Waals surface area contributed by atoms with E-state index in [1.54, 1.807) is 11.8 Å². The summed E-state index contributed by atoms with van der Waals surface area (Å²) in [6.45, 7) is 3.32. The molecule has 1 saturated heterocycles. The van der Waals surface area contributed by atoms with Crippen LogP contribution in [0.3, 0.4) is 0 Å². The van der Waals surface area contributed by atoms with Crippen molar-refractivity contribution in [2.24, 2.45) is 5.92 Å². The molecule has 98 valence electrons. The monoisotopic (exact) mass is 263 g/mol. The van der Waals surface area contributed by atoms with Gasteiger partial charge < -0.3 is 5.32 Å². The fourth-order valence-electron chi connectivity index (χ4n) is 2.49. The van der Waals surface area contributed by atoms with Gasteiger partial charge in [0.25, 0.3) is 0 Å². The summed E-state index contributed by atoms with van der Waals surface area (Å²) >= 11 is 1.70. The molecule has 2 rings (SSSR count). The average Bonchev–Trinajstić information content (AvgIpc) is 2.39. The number of piperidine rings is 1. The van der Waals surface area contributed by atoms with Gasteiger partial charge in [-0.25, -0.2) is 0 Å². The Balaban J connectivity index is 1.94. The highest BCUT2D eigenvalue weighted by atomic mass is 32.2. The van der Waals surface area contributed by atoms with E-state index in [1.165, 1.54) is 11.3 Å². The van der Waals surface area contributed by atoms with Gasteiger partial charge in [-0.1, -0.05) is 19.1 Å². The van der Waals surface area contributed by atoms with Crippen molar-refractivity contribution in [3.63, 3.8) is 0 Å². The molecule has 0 saturated carbocycles. The minimum atomic E-state index is 0.259. The van der Waals surface area contributed by atoms with Gasteiger partial charge in [0, 0.05) is 22.9 Å². The molecule has 2 atom stereocenters. The highest BCUT2D eigenvalue weighted by Gasteiger charge is 2.21. The first-order valence-corrected chi connectivity index (χ1v) is 7.82. The molecule has 1 aliphatic heterocycles. The lowest BCUT2D eigenvalue weighted by atomic mass is 9.90. The van der Waals surface area contributed by atoms with Gasteiger partial charge in [-0.15, -0.1) is 11.8 Å². The van der Waals surface area contributed by atoms with E-state index in [0.29, 0.717) is 12.5 Å². The number of hydrogen-bond acceptors (Lipinski definition) is 3. The number of benzene rings is 1.